The van der Waals surface area contributed by atoms with Gasteiger partial charge in [0.15, 0.2) is 11.5 Å². The number of ether oxygens (including phenoxy) is 4. The summed E-state index contributed by atoms with van der Waals surface area (Å²) in [6, 6.07) is 17.1. The number of nitrogens with zero attached hydrogens (tertiary/aromatic N) is 1. The molecule has 0 radical (unpaired) electrons. The molecule has 6 nitrogen and oxygen atoms in total. The first-order chi connectivity index (χ1) is 17.8. The first-order valence-electron chi connectivity index (χ1n) is 11.6. The maximum Gasteiger partial charge on any atom is 0.313 e. The molecular weight excluding hydrogens is 513 g/mol. The Morgan fingerprint density at radius 3 is 2.14 bits per heavy atom. The molecule has 0 aliphatic carbocycles. The van der Waals surface area contributed by atoms with Gasteiger partial charge < -0.3 is 18.9 Å². The summed E-state index contributed by atoms with van der Waals surface area (Å²) < 4.78 is 22.2. The molecule has 0 amide bonds. The molecule has 1 aromatic heterocycles. The summed E-state index contributed by atoms with van der Waals surface area (Å²) in [7, 11) is 4.75. The summed E-state index contributed by atoms with van der Waals surface area (Å²) in [5.41, 5.74) is 2.19. The van der Waals surface area contributed by atoms with Crippen molar-refractivity contribution in [3.63, 3.8) is 0 Å². The normalized spacial score (nSPS) is 12.6. The van der Waals surface area contributed by atoms with Gasteiger partial charge in [-0.15, -0.1) is 0 Å². The first-order valence-corrected chi connectivity index (χ1v) is 12.4. The number of carbonyl (C=O) groups excluding carboxylic acids is 1. The van der Waals surface area contributed by atoms with Gasteiger partial charge in [0.1, 0.15) is 11.9 Å². The van der Waals surface area contributed by atoms with E-state index in [-0.39, 0.29) is 12.4 Å². The second-order valence-corrected chi connectivity index (χ2v) is 9.33. The number of benzene rings is 3. The van der Waals surface area contributed by atoms with Crippen molar-refractivity contribution in [3.8, 4) is 17.2 Å². The topological polar surface area (TPSA) is 66.9 Å². The second kappa shape index (κ2) is 11.7. The molecule has 8 heteroatoms. The summed E-state index contributed by atoms with van der Waals surface area (Å²) in [4.78, 5) is 17.4. The van der Waals surface area contributed by atoms with Gasteiger partial charge >= 0.3 is 5.97 Å². The average Bonchev–Trinajstić information content (AvgIpc) is 2.92. The van der Waals surface area contributed by atoms with Crippen molar-refractivity contribution in [2.45, 2.75) is 25.4 Å². The number of pyridine rings is 1. The van der Waals surface area contributed by atoms with E-state index in [0.29, 0.717) is 32.7 Å². The van der Waals surface area contributed by atoms with Crippen molar-refractivity contribution in [2.75, 3.05) is 21.3 Å². The quantitative estimate of drug-likeness (QED) is 0.209. The zero-order valence-electron chi connectivity index (χ0n) is 21.0. The minimum Gasteiger partial charge on any atom is -0.497 e. The van der Waals surface area contributed by atoms with Gasteiger partial charge in [-0.25, -0.2) is 0 Å². The van der Waals surface area contributed by atoms with Crippen molar-refractivity contribution < 1.29 is 23.7 Å². The lowest BCUT2D eigenvalue weighted by Gasteiger charge is -2.23. The third-order valence-electron chi connectivity index (χ3n) is 6.30. The van der Waals surface area contributed by atoms with Crippen LogP contribution in [0.2, 0.25) is 10.0 Å². The van der Waals surface area contributed by atoms with Crippen molar-refractivity contribution in [1.82, 2.24) is 4.98 Å². The van der Waals surface area contributed by atoms with Gasteiger partial charge in [-0.3, -0.25) is 9.78 Å². The van der Waals surface area contributed by atoms with E-state index in [4.69, 9.17) is 42.1 Å². The van der Waals surface area contributed by atoms with Crippen molar-refractivity contribution in [3.05, 3.63) is 93.7 Å². The first kappa shape index (κ1) is 26.6. The third-order valence-corrected chi connectivity index (χ3v) is 6.96. The van der Waals surface area contributed by atoms with Gasteiger partial charge in [0.2, 0.25) is 0 Å². The van der Waals surface area contributed by atoms with Gasteiger partial charge in [0, 0.05) is 18.8 Å². The minimum atomic E-state index is -0.683. The highest BCUT2D eigenvalue weighted by Gasteiger charge is 2.26. The van der Waals surface area contributed by atoms with Crippen LogP contribution >= 0.6 is 23.2 Å². The Labute approximate surface area is 226 Å². The smallest absolute Gasteiger partial charge is 0.313 e. The van der Waals surface area contributed by atoms with Crippen LogP contribution in [0.5, 0.6) is 17.2 Å². The largest absolute Gasteiger partial charge is 0.497 e. The van der Waals surface area contributed by atoms with Crippen LogP contribution in [0.25, 0.3) is 10.8 Å². The molecule has 1 heterocycles. The zero-order chi connectivity index (χ0) is 26.5. The average molecular weight is 540 g/mol. The lowest BCUT2D eigenvalue weighted by atomic mass is 9.97. The molecule has 0 aliphatic rings. The number of halogens is 2. The molecule has 0 bridgehead atoms. The third kappa shape index (κ3) is 5.92. The van der Waals surface area contributed by atoms with E-state index in [2.05, 4.69) is 4.98 Å². The standard InChI is InChI=1S/C29H27Cl2NO5/c1-17(18-5-6-20-12-22(34-2)9-7-19(20)11-18)29(33)37-27(14-23-24(30)15-32-16-25(23)31)21-8-10-26(35-3)28(13-21)36-4/h5-13,15-17,27H,14H2,1-4H3/t17-,27-/m1/s1. The van der Waals surface area contributed by atoms with Crippen LogP contribution in [0.1, 0.15) is 35.6 Å². The van der Waals surface area contributed by atoms with E-state index in [1.807, 2.05) is 49.4 Å². The molecule has 3 aromatic carbocycles. The van der Waals surface area contributed by atoms with E-state index in [0.717, 1.165) is 22.1 Å². The SMILES string of the molecule is COc1ccc2cc([C@@H](C)C(=O)O[C@H](Cc3c(Cl)cncc3Cl)c3ccc(OC)c(OC)c3)ccc2c1. The van der Waals surface area contributed by atoms with Crippen LogP contribution < -0.4 is 14.2 Å². The highest BCUT2D eigenvalue weighted by atomic mass is 35.5. The van der Waals surface area contributed by atoms with Gasteiger partial charge in [-0.2, -0.15) is 0 Å². The predicted molar refractivity (Wildman–Crippen MR) is 145 cm³/mol. The van der Waals surface area contributed by atoms with Gasteiger partial charge in [0.25, 0.3) is 0 Å². The number of esters is 1. The summed E-state index contributed by atoms with van der Waals surface area (Å²) >= 11 is 12.8. The van der Waals surface area contributed by atoms with E-state index in [1.165, 1.54) is 12.4 Å². The molecule has 0 aliphatic heterocycles. The van der Waals surface area contributed by atoms with E-state index >= 15 is 0 Å². The lowest BCUT2D eigenvalue weighted by Crippen LogP contribution is -2.19. The molecule has 37 heavy (non-hydrogen) atoms. The molecule has 0 saturated carbocycles. The zero-order valence-corrected chi connectivity index (χ0v) is 22.5. The molecule has 0 saturated heterocycles. The fourth-order valence-electron chi connectivity index (χ4n) is 4.12. The molecule has 0 N–H and O–H groups in total. The maximum absolute atomic E-state index is 13.4. The van der Waals surface area contributed by atoms with Crippen LogP contribution in [-0.2, 0) is 16.0 Å². The van der Waals surface area contributed by atoms with Gasteiger partial charge in [-0.1, -0.05) is 53.5 Å². The number of rotatable bonds is 9. The predicted octanol–water partition coefficient (Wildman–Crippen LogP) is 7.20. The van der Waals surface area contributed by atoms with Crippen molar-refractivity contribution >= 4 is 39.9 Å². The maximum atomic E-state index is 13.4. The molecule has 4 aromatic rings. The van der Waals surface area contributed by atoms with Crippen LogP contribution in [0.15, 0.2) is 67.0 Å². The van der Waals surface area contributed by atoms with Crippen molar-refractivity contribution in [1.29, 1.82) is 0 Å². The fourth-order valence-corrected chi connectivity index (χ4v) is 4.64. The molecule has 0 spiro atoms. The van der Waals surface area contributed by atoms with Crippen LogP contribution in [0.4, 0.5) is 0 Å². The van der Waals surface area contributed by atoms with Gasteiger partial charge in [0.05, 0.1) is 37.3 Å². The van der Waals surface area contributed by atoms with Crippen LogP contribution in [-0.4, -0.2) is 32.3 Å². The summed E-state index contributed by atoms with van der Waals surface area (Å²) in [6.45, 7) is 1.82. The molecule has 0 unspecified atom stereocenters. The van der Waals surface area contributed by atoms with Gasteiger partial charge in [-0.05, 0) is 58.7 Å². The molecule has 2 atom stereocenters. The Bertz CT molecular complexity index is 1400. The summed E-state index contributed by atoms with van der Waals surface area (Å²) in [6.07, 6.45) is 2.61. The van der Waals surface area contributed by atoms with E-state index < -0.39 is 12.0 Å². The number of hydrogen-bond acceptors (Lipinski definition) is 6. The molecule has 4 rings (SSSR count). The highest BCUT2D eigenvalue weighted by molar-refractivity contribution is 6.35. The lowest BCUT2D eigenvalue weighted by molar-refractivity contribution is -0.150. The van der Waals surface area contributed by atoms with E-state index in [1.54, 1.807) is 33.5 Å². The Balaban J connectivity index is 1.65. The van der Waals surface area contributed by atoms with Crippen LogP contribution in [0, 0.1) is 0 Å². The summed E-state index contributed by atoms with van der Waals surface area (Å²) in [5, 5.41) is 2.82. The van der Waals surface area contributed by atoms with E-state index in [9.17, 15) is 4.79 Å². The molecule has 0 fully saturated rings. The Morgan fingerprint density at radius 1 is 0.811 bits per heavy atom. The Hall–Kier alpha value is -3.48. The highest BCUT2D eigenvalue weighted by Crippen LogP contribution is 2.36. The molecular formula is C29H27Cl2NO5. The fraction of sp³-hybridized carbons (Fsp3) is 0.241. The Morgan fingerprint density at radius 2 is 1.46 bits per heavy atom. The minimum absolute atomic E-state index is 0.256. The monoisotopic (exact) mass is 539 g/mol. The Kier molecular flexibility index (Phi) is 8.41. The summed E-state index contributed by atoms with van der Waals surface area (Å²) in [5.74, 6) is 0.967. The molecule has 192 valence electrons. The van der Waals surface area contributed by atoms with Crippen molar-refractivity contribution in [2.24, 2.45) is 0 Å². The number of aromatic nitrogens is 1. The van der Waals surface area contributed by atoms with Crippen LogP contribution in [0.3, 0.4) is 0 Å². The number of hydrogen-bond donors (Lipinski definition) is 0. The number of fused-ring (bicyclic) bond motifs is 1. The number of carbonyl (C=O) groups is 1. The number of methoxy groups -OCH3 is 3. The second-order valence-electron chi connectivity index (χ2n) is 8.52.